The standard InChI is InChI=1S/C15H12ClNO3S/c16-14-6-3-10(19)8-13(14)15(20)17-9-12-5-4-11(21-12)2-1-7-18/h3-6,8,18-19H,7,9H2,(H,17,20). The van der Waals surface area contributed by atoms with E-state index in [0.29, 0.717) is 6.54 Å². The summed E-state index contributed by atoms with van der Waals surface area (Å²) in [5, 5.41) is 21.0. The maximum atomic E-state index is 12.0. The normalized spacial score (nSPS) is 9.81. The van der Waals surface area contributed by atoms with Crippen LogP contribution in [0, 0.1) is 11.8 Å². The smallest absolute Gasteiger partial charge is 0.253 e. The fourth-order valence-electron chi connectivity index (χ4n) is 1.62. The summed E-state index contributed by atoms with van der Waals surface area (Å²) in [5.74, 6) is 5.00. The molecule has 3 N–H and O–H groups in total. The van der Waals surface area contributed by atoms with Crippen molar-refractivity contribution in [1.82, 2.24) is 5.32 Å². The van der Waals surface area contributed by atoms with E-state index in [4.69, 9.17) is 16.7 Å². The lowest BCUT2D eigenvalue weighted by Crippen LogP contribution is -2.22. The number of hydrogen-bond donors (Lipinski definition) is 3. The molecule has 1 amide bonds. The molecule has 0 saturated heterocycles. The van der Waals surface area contributed by atoms with Gasteiger partial charge in [0, 0.05) is 4.88 Å². The highest BCUT2D eigenvalue weighted by Gasteiger charge is 2.11. The minimum absolute atomic E-state index is 0.0118. The number of nitrogens with one attached hydrogen (secondary N) is 1. The molecule has 1 heterocycles. The Morgan fingerprint density at radius 2 is 2.14 bits per heavy atom. The SMILES string of the molecule is O=C(NCc1ccc(C#CCO)s1)c1cc(O)ccc1Cl. The van der Waals surface area contributed by atoms with Crippen LogP contribution in [0.15, 0.2) is 30.3 Å². The van der Waals surface area contributed by atoms with Crippen LogP contribution in [0.25, 0.3) is 0 Å². The Hall–Kier alpha value is -2.00. The number of thiophene rings is 1. The van der Waals surface area contributed by atoms with E-state index in [9.17, 15) is 9.90 Å². The number of aliphatic hydroxyl groups is 1. The average molecular weight is 322 g/mol. The van der Waals surface area contributed by atoms with Crippen LogP contribution in [0.1, 0.15) is 20.1 Å². The van der Waals surface area contributed by atoms with Crippen molar-refractivity contribution in [2.45, 2.75) is 6.54 Å². The third-order valence-corrected chi connectivity index (χ3v) is 3.90. The van der Waals surface area contributed by atoms with Crippen LogP contribution in [0.4, 0.5) is 0 Å². The van der Waals surface area contributed by atoms with E-state index in [1.54, 1.807) is 0 Å². The monoisotopic (exact) mass is 321 g/mol. The third kappa shape index (κ3) is 4.23. The number of carbonyl (C=O) groups excluding carboxylic acids is 1. The highest BCUT2D eigenvalue weighted by Crippen LogP contribution is 2.21. The maximum absolute atomic E-state index is 12.0. The summed E-state index contributed by atoms with van der Waals surface area (Å²) in [5.41, 5.74) is 0.230. The largest absolute Gasteiger partial charge is 0.508 e. The molecule has 0 fully saturated rings. The van der Waals surface area contributed by atoms with Gasteiger partial charge in [0.1, 0.15) is 12.4 Å². The van der Waals surface area contributed by atoms with Crippen molar-refractivity contribution in [3.05, 3.63) is 50.7 Å². The lowest BCUT2D eigenvalue weighted by molar-refractivity contribution is 0.0951. The maximum Gasteiger partial charge on any atom is 0.253 e. The molecule has 4 nitrogen and oxygen atoms in total. The van der Waals surface area contributed by atoms with E-state index in [2.05, 4.69) is 17.2 Å². The molecular formula is C15H12ClNO3S. The second kappa shape index (κ2) is 7.14. The summed E-state index contributed by atoms with van der Waals surface area (Å²) in [6.45, 7) is 0.163. The van der Waals surface area contributed by atoms with Crippen molar-refractivity contribution < 1.29 is 15.0 Å². The quantitative estimate of drug-likeness (QED) is 0.760. The lowest BCUT2D eigenvalue weighted by atomic mass is 10.2. The lowest BCUT2D eigenvalue weighted by Gasteiger charge is -2.06. The predicted octanol–water partition coefficient (Wildman–Crippen LogP) is 2.38. The predicted molar refractivity (Wildman–Crippen MR) is 82.6 cm³/mol. The molecule has 0 aliphatic heterocycles. The van der Waals surface area contributed by atoms with E-state index in [-0.39, 0.29) is 28.8 Å². The molecule has 1 aromatic heterocycles. The number of amides is 1. The number of aliphatic hydroxyl groups excluding tert-OH is 1. The molecule has 0 radical (unpaired) electrons. The number of phenols is 1. The number of phenolic OH excluding ortho intramolecular Hbond substituents is 1. The van der Waals surface area contributed by atoms with Crippen LogP contribution >= 0.6 is 22.9 Å². The Labute approximate surface area is 131 Å². The van der Waals surface area contributed by atoms with Crippen molar-refractivity contribution in [3.8, 4) is 17.6 Å². The Balaban J connectivity index is 2.01. The number of rotatable bonds is 3. The summed E-state index contributed by atoms with van der Waals surface area (Å²) in [4.78, 5) is 13.8. The molecule has 21 heavy (non-hydrogen) atoms. The molecule has 0 atom stereocenters. The Morgan fingerprint density at radius 1 is 1.33 bits per heavy atom. The van der Waals surface area contributed by atoms with Gasteiger partial charge in [-0.25, -0.2) is 0 Å². The van der Waals surface area contributed by atoms with Crippen LogP contribution in [-0.4, -0.2) is 22.7 Å². The Kier molecular flexibility index (Phi) is 5.23. The number of carbonyl (C=O) groups is 1. The summed E-state index contributed by atoms with van der Waals surface area (Å²) in [6, 6.07) is 7.90. The van der Waals surface area contributed by atoms with Crippen LogP contribution in [0.5, 0.6) is 5.75 Å². The Bertz CT molecular complexity index is 715. The zero-order valence-corrected chi connectivity index (χ0v) is 12.5. The van der Waals surface area contributed by atoms with Crippen LogP contribution in [0.2, 0.25) is 5.02 Å². The van der Waals surface area contributed by atoms with Gasteiger partial charge < -0.3 is 15.5 Å². The second-order valence-electron chi connectivity index (χ2n) is 4.07. The molecule has 0 bridgehead atoms. The van der Waals surface area contributed by atoms with Gasteiger partial charge >= 0.3 is 0 Å². The summed E-state index contributed by atoms with van der Waals surface area (Å²) >= 11 is 7.36. The van der Waals surface area contributed by atoms with Gasteiger partial charge in [0.15, 0.2) is 0 Å². The van der Waals surface area contributed by atoms with Gasteiger partial charge in [-0.05, 0) is 30.3 Å². The Morgan fingerprint density at radius 3 is 2.90 bits per heavy atom. The molecule has 2 rings (SSSR count). The van der Waals surface area contributed by atoms with E-state index in [1.165, 1.54) is 29.5 Å². The zero-order chi connectivity index (χ0) is 15.2. The second-order valence-corrected chi connectivity index (χ2v) is 5.65. The van der Waals surface area contributed by atoms with Crippen LogP contribution in [-0.2, 0) is 6.54 Å². The number of halogens is 1. The first-order valence-corrected chi connectivity index (χ1v) is 7.25. The molecule has 108 valence electrons. The summed E-state index contributed by atoms with van der Waals surface area (Å²) < 4.78 is 0. The van der Waals surface area contributed by atoms with E-state index in [0.717, 1.165) is 9.75 Å². The number of benzene rings is 1. The summed E-state index contributed by atoms with van der Waals surface area (Å²) in [7, 11) is 0. The highest BCUT2D eigenvalue weighted by atomic mass is 35.5. The molecular weight excluding hydrogens is 310 g/mol. The van der Waals surface area contributed by atoms with Crippen molar-refractivity contribution >= 4 is 28.8 Å². The van der Waals surface area contributed by atoms with E-state index in [1.807, 2.05) is 12.1 Å². The minimum atomic E-state index is -0.354. The van der Waals surface area contributed by atoms with Gasteiger partial charge in [-0.3, -0.25) is 4.79 Å². The first-order chi connectivity index (χ1) is 10.1. The van der Waals surface area contributed by atoms with Crippen LogP contribution < -0.4 is 5.32 Å². The highest BCUT2D eigenvalue weighted by molar-refractivity contribution is 7.12. The molecule has 2 aromatic rings. The minimum Gasteiger partial charge on any atom is -0.508 e. The summed E-state index contributed by atoms with van der Waals surface area (Å²) in [6.07, 6.45) is 0. The van der Waals surface area contributed by atoms with Crippen molar-refractivity contribution in [3.63, 3.8) is 0 Å². The van der Waals surface area contributed by atoms with Gasteiger partial charge in [0.2, 0.25) is 0 Å². The van der Waals surface area contributed by atoms with Crippen LogP contribution in [0.3, 0.4) is 0 Å². The molecule has 0 aliphatic rings. The van der Waals surface area contributed by atoms with Crippen molar-refractivity contribution in [2.24, 2.45) is 0 Å². The first kappa shape index (κ1) is 15.4. The van der Waals surface area contributed by atoms with Gasteiger partial charge in [-0.15, -0.1) is 11.3 Å². The third-order valence-electron chi connectivity index (χ3n) is 2.57. The number of hydrogen-bond acceptors (Lipinski definition) is 4. The van der Waals surface area contributed by atoms with Gasteiger partial charge in [-0.2, -0.15) is 0 Å². The van der Waals surface area contributed by atoms with Gasteiger partial charge in [-0.1, -0.05) is 23.4 Å². The topological polar surface area (TPSA) is 69.6 Å². The van der Waals surface area contributed by atoms with E-state index >= 15 is 0 Å². The average Bonchev–Trinajstić information content (AvgIpc) is 2.93. The molecule has 6 heteroatoms. The van der Waals surface area contributed by atoms with Crippen molar-refractivity contribution in [1.29, 1.82) is 0 Å². The molecule has 0 spiro atoms. The van der Waals surface area contributed by atoms with Gasteiger partial charge in [0.05, 0.1) is 22.0 Å². The first-order valence-electron chi connectivity index (χ1n) is 6.05. The zero-order valence-electron chi connectivity index (χ0n) is 10.9. The van der Waals surface area contributed by atoms with Crippen molar-refractivity contribution in [2.75, 3.05) is 6.61 Å². The molecule has 0 saturated carbocycles. The molecule has 0 aliphatic carbocycles. The molecule has 1 aromatic carbocycles. The van der Waals surface area contributed by atoms with Gasteiger partial charge in [0.25, 0.3) is 5.91 Å². The molecule has 0 unspecified atom stereocenters. The fraction of sp³-hybridized carbons (Fsp3) is 0.133. The number of aromatic hydroxyl groups is 1. The fourth-order valence-corrected chi connectivity index (χ4v) is 2.64. The van der Waals surface area contributed by atoms with E-state index < -0.39 is 0 Å².